The smallest absolute Gasteiger partial charge is 0.326 e. The summed E-state index contributed by atoms with van der Waals surface area (Å²) in [6, 6.07) is 2.33. The fraction of sp³-hybridized carbons (Fsp3) is 0.100. The van der Waals surface area contributed by atoms with Gasteiger partial charge >= 0.3 is 6.18 Å². The lowest BCUT2D eigenvalue weighted by Gasteiger charge is -2.07. The maximum atomic E-state index is 13.2. The maximum absolute atomic E-state index is 13.2. The Labute approximate surface area is 86.5 Å². The zero-order valence-corrected chi connectivity index (χ0v) is 7.73. The second kappa shape index (κ2) is 3.33. The first-order valence-electron chi connectivity index (χ1n) is 4.28. The Morgan fingerprint density at radius 2 is 1.81 bits per heavy atom. The predicted octanol–water partition coefficient (Wildman–Crippen LogP) is 2.69. The van der Waals surface area contributed by atoms with Gasteiger partial charge in [-0.1, -0.05) is 0 Å². The summed E-state index contributed by atoms with van der Waals surface area (Å²) in [5.41, 5.74) is -1.60. The Morgan fingerprint density at radius 1 is 1.12 bits per heavy atom. The van der Waals surface area contributed by atoms with Gasteiger partial charge < -0.3 is 4.98 Å². The molecule has 0 atom stereocenters. The molecule has 1 N–H and O–H groups in total. The molecule has 0 unspecified atom stereocenters. The summed E-state index contributed by atoms with van der Waals surface area (Å²) >= 11 is 0. The van der Waals surface area contributed by atoms with Crippen molar-refractivity contribution in [1.82, 2.24) is 4.98 Å². The Kier molecular flexibility index (Phi) is 2.22. The Hall–Kier alpha value is -1.85. The van der Waals surface area contributed by atoms with Gasteiger partial charge in [0.15, 0.2) is 0 Å². The van der Waals surface area contributed by atoms with E-state index in [-0.39, 0.29) is 10.8 Å². The van der Waals surface area contributed by atoms with Crippen LogP contribution in [0.2, 0.25) is 0 Å². The predicted molar refractivity (Wildman–Crippen MR) is 49.5 cm³/mol. The summed E-state index contributed by atoms with van der Waals surface area (Å²) in [5, 5.41) is -0.438. The second-order valence-electron chi connectivity index (χ2n) is 3.22. The first-order chi connectivity index (χ1) is 7.39. The molecule has 1 aromatic heterocycles. The number of nitrogens with one attached hydrogen (secondary N) is 1. The molecule has 2 rings (SSSR count). The van der Waals surface area contributed by atoms with Gasteiger partial charge in [0.1, 0.15) is 5.82 Å². The van der Waals surface area contributed by atoms with Crippen LogP contribution in [0.15, 0.2) is 29.2 Å². The van der Waals surface area contributed by atoms with E-state index in [0.29, 0.717) is 6.07 Å². The highest BCUT2D eigenvalue weighted by Gasteiger charge is 2.30. The summed E-state index contributed by atoms with van der Waals surface area (Å²) in [5.74, 6) is -0.888. The maximum Gasteiger partial charge on any atom is 0.416 e. The Morgan fingerprint density at radius 3 is 2.44 bits per heavy atom. The van der Waals surface area contributed by atoms with Crippen molar-refractivity contribution < 1.29 is 17.6 Å². The van der Waals surface area contributed by atoms with Crippen molar-refractivity contribution in [2.45, 2.75) is 6.18 Å². The zero-order valence-electron chi connectivity index (χ0n) is 7.73. The largest absolute Gasteiger partial charge is 0.416 e. The standard InChI is InChI=1S/C10H5F4NO/c11-8-4-15-9(16)6-2-1-5(3-7(6)8)10(12,13)14/h1-4H,(H,15,16). The molecule has 0 fully saturated rings. The van der Waals surface area contributed by atoms with Crippen molar-refractivity contribution in [2.75, 3.05) is 0 Å². The van der Waals surface area contributed by atoms with Gasteiger partial charge in [0.2, 0.25) is 0 Å². The van der Waals surface area contributed by atoms with E-state index in [2.05, 4.69) is 4.98 Å². The lowest BCUT2D eigenvalue weighted by molar-refractivity contribution is -0.137. The molecule has 0 spiro atoms. The van der Waals surface area contributed by atoms with E-state index in [9.17, 15) is 22.4 Å². The molecule has 84 valence electrons. The van der Waals surface area contributed by atoms with Gasteiger partial charge in [-0.3, -0.25) is 4.79 Å². The molecular weight excluding hydrogens is 226 g/mol. The lowest BCUT2D eigenvalue weighted by Crippen LogP contribution is -2.09. The molecule has 2 nitrogen and oxygen atoms in total. The molecule has 0 bridgehead atoms. The number of hydrogen-bond donors (Lipinski definition) is 1. The van der Waals surface area contributed by atoms with Crippen LogP contribution in [0.25, 0.3) is 10.8 Å². The van der Waals surface area contributed by atoms with Gasteiger partial charge in [-0.2, -0.15) is 13.2 Å². The molecule has 1 aromatic carbocycles. The number of hydrogen-bond acceptors (Lipinski definition) is 1. The van der Waals surface area contributed by atoms with E-state index in [0.717, 1.165) is 18.3 Å². The quantitative estimate of drug-likeness (QED) is 0.694. The minimum absolute atomic E-state index is 0.104. The van der Waals surface area contributed by atoms with E-state index in [1.807, 2.05) is 0 Å². The van der Waals surface area contributed by atoms with Crippen molar-refractivity contribution in [3.05, 3.63) is 46.1 Å². The summed E-state index contributed by atoms with van der Waals surface area (Å²) in [6.45, 7) is 0. The van der Waals surface area contributed by atoms with Crippen LogP contribution in [0.1, 0.15) is 5.56 Å². The third kappa shape index (κ3) is 1.66. The van der Waals surface area contributed by atoms with Crippen molar-refractivity contribution in [3.63, 3.8) is 0 Å². The van der Waals surface area contributed by atoms with Gasteiger partial charge in [-0.15, -0.1) is 0 Å². The average Bonchev–Trinajstić information content (AvgIpc) is 2.22. The molecule has 0 radical (unpaired) electrons. The van der Waals surface area contributed by atoms with E-state index < -0.39 is 23.1 Å². The van der Waals surface area contributed by atoms with Crippen molar-refractivity contribution >= 4 is 10.8 Å². The molecule has 16 heavy (non-hydrogen) atoms. The molecule has 0 aliphatic heterocycles. The van der Waals surface area contributed by atoms with Crippen LogP contribution in [0.5, 0.6) is 0 Å². The normalized spacial score (nSPS) is 12.0. The van der Waals surface area contributed by atoms with E-state index in [4.69, 9.17) is 0 Å². The monoisotopic (exact) mass is 231 g/mol. The fourth-order valence-corrected chi connectivity index (χ4v) is 1.40. The average molecular weight is 231 g/mol. The number of aromatic nitrogens is 1. The van der Waals surface area contributed by atoms with Crippen LogP contribution in [0, 0.1) is 5.82 Å². The molecule has 0 saturated carbocycles. The van der Waals surface area contributed by atoms with E-state index in [1.165, 1.54) is 0 Å². The molecule has 0 saturated heterocycles. The number of pyridine rings is 1. The number of benzene rings is 1. The summed E-state index contributed by atoms with van der Waals surface area (Å²) in [4.78, 5) is 13.3. The number of aromatic amines is 1. The number of rotatable bonds is 0. The number of H-pyrrole nitrogens is 1. The molecule has 2 aromatic rings. The fourth-order valence-electron chi connectivity index (χ4n) is 1.40. The molecule has 0 amide bonds. The van der Waals surface area contributed by atoms with Crippen LogP contribution >= 0.6 is 0 Å². The minimum Gasteiger partial charge on any atom is -0.326 e. The van der Waals surface area contributed by atoms with Crippen LogP contribution in [-0.4, -0.2) is 4.98 Å². The number of fused-ring (bicyclic) bond motifs is 1. The van der Waals surface area contributed by atoms with E-state index >= 15 is 0 Å². The third-order valence-corrected chi connectivity index (χ3v) is 2.18. The SMILES string of the molecule is O=c1[nH]cc(F)c2cc(C(F)(F)F)ccc12. The highest BCUT2D eigenvalue weighted by Crippen LogP contribution is 2.31. The topological polar surface area (TPSA) is 32.9 Å². The lowest BCUT2D eigenvalue weighted by atomic mass is 10.1. The highest BCUT2D eigenvalue weighted by molar-refractivity contribution is 5.82. The summed E-state index contributed by atoms with van der Waals surface area (Å²) < 4.78 is 50.2. The second-order valence-corrected chi connectivity index (χ2v) is 3.22. The van der Waals surface area contributed by atoms with Crippen LogP contribution in [0.3, 0.4) is 0 Å². The third-order valence-electron chi connectivity index (χ3n) is 2.18. The Balaban J connectivity index is 2.81. The molecule has 1 heterocycles. The van der Waals surface area contributed by atoms with Gasteiger partial charge in [0.25, 0.3) is 5.56 Å². The first kappa shape index (κ1) is 10.7. The molecule has 0 aliphatic rings. The number of halogens is 4. The molecule has 6 heteroatoms. The van der Waals surface area contributed by atoms with Crippen molar-refractivity contribution in [3.8, 4) is 0 Å². The van der Waals surface area contributed by atoms with Crippen LogP contribution in [0.4, 0.5) is 17.6 Å². The zero-order chi connectivity index (χ0) is 11.9. The van der Waals surface area contributed by atoms with Gasteiger partial charge in [0, 0.05) is 17.0 Å². The molecule has 0 aliphatic carbocycles. The van der Waals surface area contributed by atoms with Gasteiger partial charge in [0.05, 0.1) is 5.56 Å². The van der Waals surface area contributed by atoms with Crippen molar-refractivity contribution in [1.29, 1.82) is 0 Å². The van der Waals surface area contributed by atoms with Crippen LogP contribution < -0.4 is 5.56 Å². The van der Waals surface area contributed by atoms with Gasteiger partial charge in [-0.05, 0) is 18.2 Å². The minimum atomic E-state index is -4.55. The number of alkyl halides is 3. The highest BCUT2D eigenvalue weighted by atomic mass is 19.4. The summed E-state index contributed by atoms with van der Waals surface area (Å²) in [6.07, 6.45) is -3.81. The van der Waals surface area contributed by atoms with Gasteiger partial charge in [-0.25, -0.2) is 4.39 Å². The van der Waals surface area contributed by atoms with Crippen molar-refractivity contribution in [2.24, 2.45) is 0 Å². The van der Waals surface area contributed by atoms with Crippen LogP contribution in [-0.2, 0) is 6.18 Å². The molecular formula is C10H5F4NO. The summed E-state index contributed by atoms with van der Waals surface area (Å²) in [7, 11) is 0. The first-order valence-corrected chi connectivity index (χ1v) is 4.28. The Bertz CT molecular complexity index is 600. The van der Waals surface area contributed by atoms with E-state index in [1.54, 1.807) is 0 Å².